The number of hydrogen-bond acceptors (Lipinski definition) is 1. The Bertz CT molecular complexity index is 220. The Labute approximate surface area is 89.5 Å². The van der Waals surface area contributed by atoms with E-state index in [1.165, 1.54) is 11.3 Å². The Hall–Kier alpha value is -0.720. The first-order chi connectivity index (χ1) is 6.16. The monoisotopic (exact) mass is 195 g/mol. The summed E-state index contributed by atoms with van der Waals surface area (Å²) in [6.07, 6.45) is 1.03. The third kappa shape index (κ3) is 3.99. The van der Waals surface area contributed by atoms with Gasteiger partial charge in [-0.3, -0.25) is 0 Å². The molecule has 0 aromatic rings. The molecule has 14 heavy (non-hydrogen) atoms. The molecule has 0 aliphatic heterocycles. The second-order valence-corrected chi connectivity index (χ2v) is 5.28. The van der Waals surface area contributed by atoms with Crippen LogP contribution in [0.4, 0.5) is 0 Å². The fourth-order valence-corrected chi connectivity index (χ4v) is 1.40. The second kappa shape index (κ2) is 4.68. The van der Waals surface area contributed by atoms with Crippen molar-refractivity contribution in [2.45, 2.75) is 46.6 Å². The highest BCUT2D eigenvalue weighted by Crippen LogP contribution is 2.25. The average Bonchev–Trinajstić information content (AvgIpc) is 1.98. The zero-order chi connectivity index (χ0) is 11.5. The maximum Gasteiger partial charge on any atom is 0.0311 e. The molecule has 1 atom stereocenters. The predicted molar refractivity (Wildman–Crippen MR) is 65.3 cm³/mol. The number of allylic oxidation sites excluding steroid dienone is 2. The van der Waals surface area contributed by atoms with E-state index in [0.717, 1.165) is 6.42 Å². The summed E-state index contributed by atoms with van der Waals surface area (Å²) in [6.45, 7) is 19.0. The molecule has 0 aliphatic rings. The van der Waals surface area contributed by atoms with Gasteiger partial charge in [-0.1, -0.05) is 19.1 Å². The molecule has 0 aromatic heterocycles. The van der Waals surface area contributed by atoms with Gasteiger partial charge in [0.25, 0.3) is 0 Å². The van der Waals surface area contributed by atoms with Crippen molar-refractivity contribution in [3.63, 3.8) is 0 Å². The van der Waals surface area contributed by atoms with Gasteiger partial charge >= 0.3 is 0 Å². The van der Waals surface area contributed by atoms with Gasteiger partial charge in [-0.15, -0.1) is 6.58 Å². The molecule has 0 saturated carbocycles. The van der Waals surface area contributed by atoms with Gasteiger partial charge in [0.15, 0.2) is 0 Å². The molecule has 0 spiro atoms. The molecule has 1 nitrogen and oxygen atoms in total. The van der Waals surface area contributed by atoms with E-state index >= 15 is 0 Å². The van der Waals surface area contributed by atoms with Gasteiger partial charge in [0.1, 0.15) is 0 Å². The minimum atomic E-state index is 0.153. The maximum atomic E-state index is 4.16. The Morgan fingerprint density at radius 1 is 1.29 bits per heavy atom. The summed E-state index contributed by atoms with van der Waals surface area (Å²) in [6, 6.07) is 0. The lowest BCUT2D eigenvalue weighted by molar-refractivity contribution is 0.207. The van der Waals surface area contributed by atoms with E-state index in [1.807, 2.05) is 0 Å². The van der Waals surface area contributed by atoms with E-state index in [4.69, 9.17) is 0 Å². The van der Waals surface area contributed by atoms with Crippen molar-refractivity contribution in [2.75, 3.05) is 7.05 Å². The molecule has 0 aromatic carbocycles. The van der Waals surface area contributed by atoms with E-state index < -0.39 is 0 Å². The predicted octanol–water partition coefficient (Wildman–Crippen LogP) is 3.83. The summed E-state index contributed by atoms with van der Waals surface area (Å²) < 4.78 is 0. The van der Waals surface area contributed by atoms with Gasteiger partial charge < -0.3 is 4.90 Å². The van der Waals surface area contributed by atoms with Crippen LogP contribution in [-0.2, 0) is 0 Å². The normalized spacial score (nSPS) is 13.6. The van der Waals surface area contributed by atoms with E-state index in [0.29, 0.717) is 5.92 Å². The molecular weight excluding hydrogens is 170 g/mol. The van der Waals surface area contributed by atoms with Crippen molar-refractivity contribution >= 4 is 0 Å². The topological polar surface area (TPSA) is 3.24 Å². The van der Waals surface area contributed by atoms with Crippen LogP contribution in [0.25, 0.3) is 0 Å². The molecule has 0 radical (unpaired) electrons. The van der Waals surface area contributed by atoms with Gasteiger partial charge in [0, 0.05) is 18.3 Å². The first-order valence-electron chi connectivity index (χ1n) is 5.23. The fourth-order valence-electron chi connectivity index (χ4n) is 1.40. The number of nitrogens with zero attached hydrogens (tertiary/aromatic N) is 1. The highest BCUT2D eigenvalue weighted by molar-refractivity contribution is 5.06. The lowest BCUT2D eigenvalue weighted by Crippen LogP contribution is -2.38. The maximum absolute atomic E-state index is 4.16. The van der Waals surface area contributed by atoms with Crippen LogP contribution in [0.15, 0.2) is 24.4 Å². The molecule has 0 bridgehead atoms. The molecule has 0 N–H and O–H groups in total. The largest absolute Gasteiger partial charge is 0.373 e. The van der Waals surface area contributed by atoms with E-state index in [9.17, 15) is 0 Å². The molecular formula is C13H25N. The van der Waals surface area contributed by atoms with Crippen molar-refractivity contribution < 1.29 is 0 Å². The van der Waals surface area contributed by atoms with Crippen LogP contribution < -0.4 is 0 Å². The van der Waals surface area contributed by atoms with Crippen LogP contribution >= 0.6 is 0 Å². The fraction of sp³-hybridized carbons (Fsp3) is 0.692. The molecule has 0 fully saturated rings. The Morgan fingerprint density at radius 2 is 1.71 bits per heavy atom. The smallest absolute Gasteiger partial charge is 0.0311 e. The molecule has 0 aliphatic carbocycles. The minimum absolute atomic E-state index is 0.153. The van der Waals surface area contributed by atoms with E-state index in [2.05, 4.69) is 59.7 Å². The SMILES string of the molecule is C=C(C)CC(C)C(=C)N(C)C(C)(C)C. The van der Waals surface area contributed by atoms with Crippen LogP contribution in [0.2, 0.25) is 0 Å². The van der Waals surface area contributed by atoms with Crippen molar-refractivity contribution in [3.8, 4) is 0 Å². The molecule has 0 amide bonds. The van der Waals surface area contributed by atoms with Crippen LogP contribution in [0.1, 0.15) is 41.0 Å². The second-order valence-electron chi connectivity index (χ2n) is 5.28. The van der Waals surface area contributed by atoms with Crippen LogP contribution in [0.5, 0.6) is 0 Å². The standard InChI is InChI=1S/C13H25N/c1-10(2)9-11(3)12(4)14(8)13(5,6)7/h11H,1,4,9H2,2-3,5-8H3. The first kappa shape index (κ1) is 13.3. The highest BCUT2D eigenvalue weighted by atomic mass is 15.2. The lowest BCUT2D eigenvalue weighted by Gasteiger charge is -2.38. The number of rotatable bonds is 4. The minimum Gasteiger partial charge on any atom is -0.373 e. The van der Waals surface area contributed by atoms with Crippen molar-refractivity contribution in [1.82, 2.24) is 4.90 Å². The van der Waals surface area contributed by atoms with Gasteiger partial charge in [-0.2, -0.15) is 0 Å². The first-order valence-corrected chi connectivity index (χ1v) is 5.23. The molecule has 1 unspecified atom stereocenters. The van der Waals surface area contributed by atoms with Crippen molar-refractivity contribution in [2.24, 2.45) is 5.92 Å². The van der Waals surface area contributed by atoms with Crippen LogP contribution in [0.3, 0.4) is 0 Å². The van der Waals surface area contributed by atoms with Gasteiger partial charge in [-0.25, -0.2) is 0 Å². The zero-order valence-corrected chi connectivity index (χ0v) is 10.6. The van der Waals surface area contributed by atoms with Crippen molar-refractivity contribution in [1.29, 1.82) is 0 Å². The van der Waals surface area contributed by atoms with Crippen LogP contribution in [-0.4, -0.2) is 17.5 Å². The summed E-state index contributed by atoms with van der Waals surface area (Å²) >= 11 is 0. The summed E-state index contributed by atoms with van der Waals surface area (Å²) in [5, 5.41) is 0. The summed E-state index contributed by atoms with van der Waals surface area (Å²) in [7, 11) is 2.11. The quantitative estimate of drug-likeness (QED) is 0.616. The summed E-state index contributed by atoms with van der Waals surface area (Å²) in [5.74, 6) is 0.483. The molecule has 0 saturated heterocycles. The van der Waals surface area contributed by atoms with Crippen LogP contribution in [0, 0.1) is 5.92 Å². The molecule has 1 heteroatoms. The Morgan fingerprint density at radius 3 is 2.00 bits per heavy atom. The van der Waals surface area contributed by atoms with E-state index in [1.54, 1.807) is 0 Å². The lowest BCUT2D eigenvalue weighted by atomic mass is 9.96. The van der Waals surface area contributed by atoms with Gasteiger partial charge in [0.05, 0.1) is 0 Å². The van der Waals surface area contributed by atoms with Gasteiger partial charge in [-0.05, 0) is 40.0 Å². The molecule has 82 valence electrons. The van der Waals surface area contributed by atoms with E-state index in [-0.39, 0.29) is 5.54 Å². The van der Waals surface area contributed by atoms with Crippen molar-refractivity contribution in [3.05, 3.63) is 24.4 Å². The van der Waals surface area contributed by atoms with Gasteiger partial charge in [0.2, 0.25) is 0 Å². The third-order valence-electron chi connectivity index (χ3n) is 2.66. The zero-order valence-electron chi connectivity index (χ0n) is 10.6. The highest BCUT2D eigenvalue weighted by Gasteiger charge is 2.21. The Kier molecular flexibility index (Phi) is 4.44. The average molecular weight is 195 g/mol. The molecule has 0 rings (SSSR count). The Balaban J connectivity index is 4.40. The molecule has 0 heterocycles. The summed E-state index contributed by atoms with van der Waals surface area (Å²) in [5.41, 5.74) is 2.57. The number of hydrogen-bond donors (Lipinski definition) is 0. The summed E-state index contributed by atoms with van der Waals surface area (Å²) in [4.78, 5) is 2.25. The third-order valence-corrected chi connectivity index (χ3v) is 2.66.